The second-order valence-corrected chi connectivity index (χ2v) is 8.41. The quantitative estimate of drug-likeness (QED) is 0.684. The average molecular weight is 388 g/mol. The van der Waals surface area contributed by atoms with E-state index in [0.717, 1.165) is 9.87 Å². The second kappa shape index (κ2) is 8.42. The highest BCUT2D eigenvalue weighted by atomic mass is 32.2. The van der Waals surface area contributed by atoms with Crippen molar-refractivity contribution >= 4 is 15.9 Å². The Balaban J connectivity index is 2.54. The summed E-state index contributed by atoms with van der Waals surface area (Å²) in [6.45, 7) is 3.45. The summed E-state index contributed by atoms with van der Waals surface area (Å²) in [7, 11) is -0.694. The Labute approximate surface area is 160 Å². The molecule has 1 heterocycles. The van der Waals surface area contributed by atoms with Gasteiger partial charge in [-0.3, -0.25) is 4.79 Å². The zero-order valence-electron chi connectivity index (χ0n) is 16.0. The van der Waals surface area contributed by atoms with Gasteiger partial charge in [0.15, 0.2) is 0 Å². The average Bonchev–Trinajstić information content (AvgIpc) is 3.04. The normalized spacial score (nSPS) is 12.6. The van der Waals surface area contributed by atoms with Crippen molar-refractivity contribution in [2.24, 2.45) is 0 Å². The van der Waals surface area contributed by atoms with Gasteiger partial charge in [-0.1, -0.05) is 23.6 Å². The lowest BCUT2D eigenvalue weighted by atomic mass is 10.1. The topological polar surface area (TPSA) is 70.8 Å². The summed E-state index contributed by atoms with van der Waals surface area (Å²) < 4.78 is 33.3. The number of hydrogen-bond donors (Lipinski definition) is 0. The van der Waals surface area contributed by atoms with E-state index in [-0.39, 0.29) is 23.8 Å². The molecule has 0 spiro atoms. The molecule has 1 atom stereocenters. The Morgan fingerprint density at radius 1 is 1.15 bits per heavy atom. The number of carbonyl (C=O) groups is 1. The number of sulfonamides is 1. The molecule has 1 aromatic heterocycles. The SMILES string of the molecule is C#CCN([C@@H](CC(=O)N(C)C)c1ccc(C)o1)S(=O)(=O)c1ccc(C)cc1. The molecule has 2 rings (SSSR count). The first-order valence-corrected chi connectivity index (χ1v) is 9.89. The predicted molar refractivity (Wildman–Crippen MR) is 103 cm³/mol. The van der Waals surface area contributed by atoms with E-state index in [1.54, 1.807) is 45.3 Å². The minimum Gasteiger partial charge on any atom is -0.465 e. The van der Waals surface area contributed by atoms with Crippen molar-refractivity contribution in [1.82, 2.24) is 9.21 Å². The lowest BCUT2D eigenvalue weighted by Gasteiger charge is -2.28. The largest absolute Gasteiger partial charge is 0.465 e. The Morgan fingerprint density at radius 2 is 1.78 bits per heavy atom. The summed E-state index contributed by atoms with van der Waals surface area (Å²) in [6.07, 6.45) is 5.38. The molecular formula is C20H24N2O4S. The molecule has 2 aromatic rings. The first-order valence-electron chi connectivity index (χ1n) is 8.45. The maximum absolute atomic E-state index is 13.3. The van der Waals surface area contributed by atoms with Crippen molar-refractivity contribution in [1.29, 1.82) is 0 Å². The van der Waals surface area contributed by atoms with Crippen LogP contribution in [0.2, 0.25) is 0 Å². The molecule has 0 saturated heterocycles. The summed E-state index contributed by atoms with van der Waals surface area (Å²) in [6, 6.07) is 9.08. The summed E-state index contributed by atoms with van der Waals surface area (Å²) >= 11 is 0. The van der Waals surface area contributed by atoms with Gasteiger partial charge in [-0.2, -0.15) is 4.31 Å². The van der Waals surface area contributed by atoms with E-state index in [2.05, 4.69) is 5.92 Å². The molecule has 0 unspecified atom stereocenters. The molecule has 144 valence electrons. The van der Waals surface area contributed by atoms with Gasteiger partial charge in [0.05, 0.1) is 23.9 Å². The van der Waals surface area contributed by atoms with E-state index in [4.69, 9.17) is 10.8 Å². The number of furan rings is 1. The molecule has 0 N–H and O–H groups in total. The fourth-order valence-corrected chi connectivity index (χ4v) is 4.13. The molecule has 0 bridgehead atoms. The molecule has 6 nitrogen and oxygen atoms in total. The van der Waals surface area contributed by atoms with Gasteiger partial charge in [0.2, 0.25) is 15.9 Å². The Hall–Kier alpha value is -2.56. The number of carbonyl (C=O) groups excluding carboxylic acids is 1. The van der Waals surface area contributed by atoms with Gasteiger partial charge >= 0.3 is 0 Å². The predicted octanol–water partition coefficient (Wildman–Crippen LogP) is 2.74. The van der Waals surface area contributed by atoms with E-state index < -0.39 is 16.1 Å². The third kappa shape index (κ3) is 4.79. The summed E-state index contributed by atoms with van der Waals surface area (Å²) in [5.74, 6) is 3.18. The Kier molecular flexibility index (Phi) is 6.47. The van der Waals surface area contributed by atoms with Crippen LogP contribution in [0.25, 0.3) is 0 Å². The smallest absolute Gasteiger partial charge is 0.244 e. The van der Waals surface area contributed by atoms with E-state index in [9.17, 15) is 13.2 Å². The van der Waals surface area contributed by atoms with Crippen LogP contribution in [0.4, 0.5) is 0 Å². The zero-order chi connectivity index (χ0) is 20.2. The van der Waals surface area contributed by atoms with Crippen LogP contribution >= 0.6 is 0 Å². The monoisotopic (exact) mass is 388 g/mol. The summed E-state index contributed by atoms with van der Waals surface area (Å²) in [5, 5.41) is 0. The van der Waals surface area contributed by atoms with Crippen molar-refractivity contribution in [2.45, 2.75) is 31.2 Å². The van der Waals surface area contributed by atoms with Crippen LogP contribution in [-0.2, 0) is 14.8 Å². The van der Waals surface area contributed by atoms with Crippen LogP contribution in [0.3, 0.4) is 0 Å². The van der Waals surface area contributed by atoms with Crippen molar-refractivity contribution in [3.8, 4) is 12.3 Å². The van der Waals surface area contributed by atoms with Crippen molar-refractivity contribution < 1.29 is 17.6 Å². The third-order valence-corrected chi connectivity index (χ3v) is 6.05. The molecule has 1 amide bonds. The standard InChI is InChI=1S/C20H24N2O4S/c1-6-13-22(27(24,25)17-10-7-15(2)8-11-17)18(14-20(23)21(4)5)19-12-9-16(3)26-19/h1,7-12,18H,13-14H2,2-5H3/t18-/m0/s1. The van der Waals surface area contributed by atoms with Crippen molar-refractivity contribution in [2.75, 3.05) is 20.6 Å². The Bertz CT molecular complexity index is 937. The lowest BCUT2D eigenvalue weighted by Crippen LogP contribution is -2.38. The Morgan fingerprint density at radius 3 is 2.26 bits per heavy atom. The molecule has 0 fully saturated rings. The molecular weight excluding hydrogens is 364 g/mol. The number of amides is 1. The molecule has 1 aromatic carbocycles. The van der Waals surface area contributed by atoms with E-state index >= 15 is 0 Å². The highest BCUT2D eigenvalue weighted by Gasteiger charge is 2.35. The van der Waals surface area contributed by atoms with E-state index in [1.165, 1.54) is 17.0 Å². The second-order valence-electron chi connectivity index (χ2n) is 6.52. The van der Waals surface area contributed by atoms with Gasteiger partial charge in [0.1, 0.15) is 11.5 Å². The summed E-state index contributed by atoms with van der Waals surface area (Å²) in [4.78, 5) is 13.9. The van der Waals surface area contributed by atoms with Crippen LogP contribution in [0.15, 0.2) is 45.7 Å². The van der Waals surface area contributed by atoms with E-state index in [0.29, 0.717) is 11.5 Å². The van der Waals surface area contributed by atoms with Crippen molar-refractivity contribution in [3.63, 3.8) is 0 Å². The van der Waals surface area contributed by atoms with Gasteiger partial charge in [-0.25, -0.2) is 8.42 Å². The minimum absolute atomic E-state index is 0.0767. The van der Waals surface area contributed by atoms with Crippen LogP contribution in [0.1, 0.15) is 29.5 Å². The molecule has 27 heavy (non-hydrogen) atoms. The first kappa shape index (κ1) is 20.7. The fourth-order valence-electron chi connectivity index (χ4n) is 2.62. The van der Waals surface area contributed by atoms with Crippen LogP contribution in [-0.4, -0.2) is 44.2 Å². The van der Waals surface area contributed by atoms with Crippen molar-refractivity contribution in [3.05, 3.63) is 53.5 Å². The van der Waals surface area contributed by atoms with Crippen LogP contribution in [0.5, 0.6) is 0 Å². The maximum atomic E-state index is 13.3. The van der Waals surface area contributed by atoms with Crippen LogP contribution in [0, 0.1) is 26.2 Å². The van der Waals surface area contributed by atoms with E-state index in [1.807, 2.05) is 6.92 Å². The number of hydrogen-bond acceptors (Lipinski definition) is 4. The molecule has 0 aliphatic rings. The molecule has 0 aliphatic carbocycles. The number of nitrogens with zero attached hydrogens (tertiary/aromatic N) is 2. The number of aryl methyl sites for hydroxylation is 2. The number of benzene rings is 1. The fraction of sp³-hybridized carbons (Fsp3) is 0.350. The van der Waals surface area contributed by atoms with Gasteiger partial charge in [0.25, 0.3) is 0 Å². The van der Waals surface area contributed by atoms with Gasteiger partial charge < -0.3 is 9.32 Å². The third-order valence-electron chi connectivity index (χ3n) is 4.18. The van der Waals surface area contributed by atoms with Gasteiger partial charge in [-0.05, 0) is 38.1 Å². The highest BCUT2D eigenvalue weighted by molar-refractivity contribution is 7.89. The number of terminal acetylenes is 1. The molecule has 7 heteroatoms. The first-order chi connectivity index (χ1) is 12.7. The zero-order valence-corrected chi connectivity index (χ0v) is 16.8. The van der Waals surface area contributed by atoms with Gasteiger partial charge in [-0.15, -0.1) is 6.42 Å². The maximum Gasteiger partial charge on any atom is 0.244 e. The molecule has 0 radical (unpaired) electrons. The lowest BCUT2D eigenvalue weighted by molar-refractivity contribution is -0.129. The van der Waals surface area contributed by atoms with Crippen LogP contribution < -0.4 is 0 Å². The minimum atomic E-state index is -3.93. The molecule has 0 saturated carbocycles. The number of rotatable bonds is 7. The van der Waals surface area contributed by atoms with Gasteiger partial charge in [0, 0.05) is 14.1 Å². The highest BCUT2D eigenvalue weighted by Crippen LogP contribution is 2.31. The molecule has 0 aliphatic heterocycles. The summed E-state index contributed by atoms with van der Waals surface area (Å²) in [5.41, 5.74) is 0.943.